The van der Waals surface area contributed by atoms with Gasteiger partial charge in [-0.1, -0.05) is 126 Å². The van der Waals surface area contributed by atoms with E-state index in [9.17, 15) is 4.79 Å². The molecule has 3 aromatic carbocycles. The van der Waals surface area contributed by atoms with E-state index in [-0.39, 0.29) is 12.1 Å². The van der Waals surface area contributed by atoms with Crippen molar-refractivity contribution in [3.63, 3.8) is 0 Å². The van der Waals surface area contributed by atoms with Gasteiger partial charge in [0, 0.05) is 4.90 Å². The van der Waals surface area contributed by atoms with Crippen LogP contribution in [0.4, 0.5) is 0 Å². The predicted molar refractivity (Wildman–Crippen MR) is 173 cm³/mol. The van der Waals surface area contributed by atoms with E-state index in [1.807, 2.05) is 42.1 Å². The maximum absolute atomic E-state index is 12.9. The van der Waals surface area contributed by atoms with Crippen LogP contribution in [-0.4, -0.2) is 17.8 Å². The summed E-state index contributed by atoms with van der Waals surface area (Å²) in [5.74, 6) is 0.983. The van der Waals surface area contributed by atoms with Crippen molar-refractivity contribution in [3.8, 4) is 11.1 Å². The first-order valence-electron chi connectivity index (χ1n) is 15.8. The highest BCUT2D eigenvalue weighted by Gasteiger charge is 2.16. The Labute approximate surface area is 248 Å². The molecule has 0 amide bonds. The van der Waals surface area contributed by atoms with Gasteiger partial charge in [-0.15, -0.1) is 11.8 Å². The fourth-order valence-electron chi connectivity index (χ4n) is 5.06. The summed E-state index contributed by atoms with van der Waals surface area (Å²) in [5, 5.41) is 0. The van der Waals surface area contributed by atoms with Gasteiger partial charge in [-0.05, 0) is 78.8 Å². The van der Waals surface area contributed by atoms with Crippen LogP contribution in [0.3, 0.4) is 0 Å². The molecule has 0 bridgehead atoms. The number of hydrogen-bond donors (Lipinski definition) is 0. The zero-order chi connectivity index (χ0) is 28.3. The third kappa shape index (κ3) is 12.3. The summed E-state index contributed by atoms with van der Waals surface area (Å²) in [6, 6.07) is 27.3. The van der Waals surface area contributed by atoms with Gasteiger partial charge in [0.2, 0.25) is 0 Å². The molecule has 0 aliphatic rings. The lowest BCUT2D eigenvalue weighted by Gasteiger charge is -2.18. The summed E-state index contributed by atoms with van der Waals surface area (Å²) >= 11 is 1.96. The lowest BCUT2D eigenvalue weighted by molar-refractivity contribution is 0.0252. The van der Waals surface area contributed by atoms with Crippen molar-refractivity contribution in [2.45, 2.75) is 115 Å². The van der Waals surface area contributed by atoms with E-state index in [2.05, 4.69) is 62.4 Å². The van der Waals surface area contributed by atoms with Crippen LogP contribution >= 0.6 is 11.8 Å². The summed E-state index contributed by atoms with van der Waals surface area (Å²) in [7, 11) is 0. The Morgan fingerprint density at radius 1 is 0.650 bits per heavy atom. The molecule has 216 valence electrons. The zero-order valence-corrected chi connectivity index (χ0v) is 25.7. The van der Waals surface area contributed by atoms with Gasteiger partial charge in [0.1, 0.15) is 6.10 Å². The Bertz CT molecular complexity index is 1060. The van der Waals surface area contributed by atoms with Crippen molar-refractivity contribution in [1.29, 1.82) is 0 Å². The highest BCUT2D eigenvalue weighted by atomic mass is 32.2. The number of aryl methyl sites for hydroxylation is 1. The van der Waals surface area contributed by atoms with Crippen molar-refractivity contribution in [2.75, 3.05) is 5.75 Å². The van der Waals surface area contributed by atoms with Crippen molar-refractivity contribution >= 4 is 17.7 Å². The number of carbonyl (C=O) groups excluding carboxylic acids is 1. The standard InChI is InChI=1S/C37H50O2S/c1-3-5-7-8-9-10-11-15-30-40-36-28-26-33(27-29-36)32-22-24-34(25-23-32)37(38)39-35(20-6-4-2)21-16-19-31-17-13-12-14-18-31/h12-14,17-18,22-29,35H,3-11,15-16,19-21,30H2,1-2H3. The molecule has 0 radical (unpaired) electrons. The number of rotatable bonds is 20. The third-order valence-corrected chi connectivity index (χ3v) is 8.66. The Kier molecular flexibility index (Phi) is 15.6. The minimum atomic E-state index is -0.208. The van der Waals surface area contributed by atoms with E-state index in [0.29, 0.717) is 5.56 Å². The van der Waals surface area contributed by atoms with Gasteiger partial charge in [-0.3, -0.25) is 0 Å². The Morgan fingerprint density at radius 3 is 1.88 bits per heavy atom. The first-order chi connectivity index (χ1) is 19.7. The average Bonchev–Trinajstić information content (AvgIpc) is 3.00. The molecule has 1 unspecified atom stereocenters. The number of hydrogen-bond acceptors (Lipinski definition) is 3. The number of esters is 1. The molecule has 3 rings (SSSR count). The van der Waals surface area contributed by atoms with Crippen LogP contribution in [0.5, 0.6) is 0 Å². The maximum Gasteiger partial charge on any atom is 0.338 e. The fraction of sp³-hybridized carbons (Fsp3) is 0.486. The number of unbranched alkanes of at least 4 members (excludes halogenated alkanes) is 8. The first kappa shape index (κ1) is 32.0. The summed E-state index contributed by atoms with van der Waals surface area (Å²) in [6.45, 7) is 4.46. The summed E-state index contributed by atoms with van der Waals surface area (Å²) in [4.78, 5) is 14.3. The van der Waals surface area contributed by atoms with Gasteiger partial charge in [0.05, 0.1) is 5.56 Å². The van der Waals surface area contributed by atoms with E-state index in [0.717, 1.165) is 44.1 Å². The maximum atomic E-state index is 12.9. The second-order valence-corrected chi connectivity index (χ2v) is 12.1. The van der Waals surface area contributed by atoms with Crippen molar-refractivity contribution in [2.24, 2.45) is 0 Å². The van der Waals surface area contributed by atoms with Crippen LogP contribution in [0, 0.1) is 0 Å². The van der Waals surface area contributed by atoms with Gasteiger partial charge < -0.3 is 4.74 Å². The second-order valence-electron chi connectivity index (χ2n) is 11.0. The van der Waals surface area contributed by atoms with E-state index in [4.69, 9.17) is 4.74 Å². The van der Waals surface area contributed by atoms with Crippen LogP contribution in [0.1, 0.15) is 113 Å². The summed E-state index contributed by atoms with van der Waals surface area (Å²) in [5.41, 5.74) is 4.28. The number of ether oxygens (including phenoxy) is 1. The van der Waals surface area contributed by atoms with Gasteiger partial charge in [-0.2, -0.15) is 0 Å². The van der Waals surface area contributed by atoms with Crippen molar-refractivity contribution < 1.29 is 9.53 Å². The molecular formula is C37H50O2S. The van der Waals surface area contributed by atoms with Gasteiger partial charge in [0.25, 0.3) is 0 Å². The molecule has 0 saturated carbocycles. The first-order valence-corrected chi connectivity index (χ1v) is 16.8. The third-order valence-electron chi connectivity index (χ3n) is 7.56. The molecule has 0 spiro atoms. The molecule has 0 fully saturated rings. The largest absolute Gasteiger partial charge is 0.459 e. The molecule has 0 aliphatic carbocycles. The molecule has 3 aromatic rings. The fourth-order valence-corrected chi connectivity index (χ4v) is 5.97. The minimum absolute atomic E-state index is 0.0216. The van der Waals surface area contributed by atoms with E-state index < -0.39 is 0 Å². The number of thioether (sulfide) groups is 1. The molecular weight excluding hydrogens is 508 g/mol. The van der Waals surface area contributed by atoms with E-state index in [1.165, 1.54) is 73.1 Å². The number of carbonyl (C=O) groups is 1. The van der Waals surface area contributed by atoms with Crippen molar-refractivity contribution in [3.05, 3.63) is 90.0 Å². The van der Waals surface area contributed by atoms with Crippen molar-refractivity contribution in [1.82, 2.24) is 0 Å². The topological polar surface area (TPSA) is 26.3 Å². The van der Waals surface area contributed by atoms with Crippen LogP contribution in [0.25, 0.3) is 11.1 Å². The smallest absolute Gasteiger partial charge is 0.338 e. The molecule has 2 nitrogen and oxygen atoms in total. The van der Waals surface area contributed by atoms with Gasteiger partial charge in [-0.25, -0.2) is 4.79 Å². The molecule has 0 aromatic heterocycles. The molecule has 0 N–H and O–H groups in total. The average molecular weight is 559 g/mol. The lowest BCUT2D eigenvalue weighted by Crippen LogP contribution is -2.18. The molecule has 0 heterocycles. The van der Waals surface area contributed by atoms with Crippen LogP contribution < -0.4 is 0 Å². The zero-order valence-electron chi connectivity index (χ0n) is 24.9. The minimum Gasteiger partial charge on any atom is -0.459 e. The Morgan fingerprint density at radius 2 is 1.23 bits per heavy atom. The molecule has 0 aliphatic heterocycles. The quantitative estimate of drug-likeness (QED) is 0.0783. The molecule has 40 heavy (non-hydrogen) atoms. The van der Waals surface area contributed by atoms with E-state index >= 15 is 0 Å². The summed E-state index contributed by atoms with van der Waals surface area (Å²) in [6.07, 6.45) is 17.0. The Balaban J connectivity index is 1.42. The SMILES string of the molecule is CCCCCCCCCCSc1ccc(-c2ccc(C(=O)OC(CCCC)CCCc3ccccc3)cc2)cc1. The van der Waals surface area contributed by atoms with Gasteiger partial charge >= 0.3 is 5.97 Å². The monoisotopic (exact) mass is 558 g/mol. The van der Waals surface area contributed by atoms with Crippen LogP contribution in [0.15, 0.2) is 83.8 Å². The second kappa shape index (κ2) is 19.5. The van der Waals surface area contributed by atoms with E-state index in [1.54, 1.807) is 0 Å². The highest BCUT2D eigenvalue weighted by molar-refractivity contribution is 7.99. The molecule has 1 atom stereocenters. The number of benzene rings is 3. The normalized spacial score (nSPS) is 11.8. The Hall–Kier alpha value is -2.52. The summed E-state index contributed by atoms with van der Waals surface area (Å²) < 4.78 is 5.98. The molecule has 0 saturated heterocycles. The van der Waals surface area contributed by atoms with Crippen LogP contribution in [0.2, 0.25) is 0 Å². The van der Waals surface area contributed by atoms with Gasteiger partial charge in [0.15, 0.2) is 0 Å². The highest BCUT2D eigenvalue weighted by Crippen LogP contribution is 2.26. The van der Waals surface area contributed by atoms with Crippen LogP contribution in [-0.2, 0) is 11.2 Å². The molecule has 3 heteroatoms. The predicted octanol–water partition coefficient (Wildman–Crippen LogP) is 11.3. The lowest BCUT2D eigenvalue weighted by atomic mass is 10.0.